The van der Waals surface area contributed by atoms with Gasteiger partial charge in [-0.05, 0) is 52.7 Å². The highest BCUT2D eigenvalue weighted by atomic mass is 79.9. The highest BCUT2D eigenvalue weighted by Gasteiger charge is 2.11. The minimum atomic E-state index is -0.0890. The molecule has 116 valence electrons. The van der Waals surface area contributed by atoms with Gasteiger partial charge in [-0.15, -0.1) is 11.3 Å². The predicted molar refractivity (Wildman–Crippen MR) is 90.5 cm³/mol. The van der Waals surface area contributed by atoms with Crippen LogP contribution in [0.15, 0.2) is 34.8 Å². The number of aryl methyl sites for hydroxylation is 1. The summed E-state index contributed by atoms with van der Waals surface area (Å²) in [4.78, 5) is 24.6. The largest absolute Gasteiger partial charge is 0.484 e. The van der Waals surface area contributed by atoms with Gasteiger partial charge in [-0.3, -0.25) is 9.59 Å². The van der Waals surface area contributed by atoms with Crippen LogP contribution in [0.25, 0.3) is 0 Å². The minimum absolute atomic E-state index is 0.0122. The van der Waals surface area contributed by atoms with Gasteiger partial charge in [0.05, 0.1) is 15.9 Å². The fourth-order valence-electron chi connectivity index (χ4n) is 1.77. The lowest BCUT2D eigenvalue weighted by Gasteiger charge is -2.07. The van der Waals surface area contributed by atoms with Crippen molar-refractivity contribution in [3.63, 3.8) is 0 Å². The van der Waals surface area contributed by atoms with Crippen molar-refractivity contribution in [3.8, 4) is 5.75 Å². The van der Waals surface area contributed by atoms with Crippen molar-refractivity contribution in [1.82, 2.24) is 5.32 Å². The summed E-state index contributed by atoms with van der Waals surface area (Å²) >= 11 is 4.79. The first kappa shape index (κ1) is 16.7. The molecule has 1 N–H and O–H groups in total. The van der Waals surface area contributed by atoms with Crippen molar-refractivity contribution < 1.29 is 14.3 Å². The lowest BCUT2D eigenvalue weighted by Crippen LogP contribution is -2.18. The van der Waals surface area contributed by atoms with Gasteiger partial charge < -0.3 is 10.1 Å². The number of hydrogen-bond acceptors (Lipinski definition) is 4. The maximum absolute atomic E-state index is 12.1. The summed E-state index contributed by atoms with van der Waals surface area (Å²) in [7, 11) is 0. The molecule has 1 amide bonds. The van der Waals surface area contributed by atoms with Gasteiger partial charge in [-0.2, -0.15) is 0 Å². The molecule has 6 heteroatoms. The van der Waals surface area contributed by atoms with Crippen LogP contribution in [0.3, 0.4) is 0 Å². The average molecular weight is 382 g/mol. The second-order valence-corrected chi connectivity index (χ2v) is 6.84. The van der Waals surface area contributed by atoms with E-state index >= 15 is 0 Å². The molecule has 0 radical (unpaired) electrons. The van der Waals surface area contributed by atoms with E-state index in [2.05, 4.69) is 21.2 Å². The fraction of sp³-hybridized carbons (Fsp3) is 0.250. The molecule has 0 spiro atoms. The van der Waals surface area contributed by atoms with Gasteiger partial charge in [-0.1, -0.05) is 6.07 Å². The first-order valence-electron chi connectivity index (χ1n) is 6.71. The third kappa shape index (κ3) is 4.68. The predicted octanol–water partition coefficient (Wildman–Crippen LogP) is 3.72. The van der Waals surface area contributed by atoms with Gasteiger partial charge in [0, 0.05) is 11.8 Å². The van der Waals surface area contributed by atoms with E-state index in [9.17, 15) is 9.59 Å². The smallest absolute Gasteiger partial charge is 0.217 e. The molecule has 0 fully saturated rings. The van der Waals surface area contributed by atoms with Crippen LogP contribution in [-0.4, -0.2) is 18.3 Å². The van der Waals surface area contributed by atoms with Crippen molar-refractivity contribution in [3.05, 3.63) is 50.1 Å². The molecule has 0 aliphatic heterocycles. The van der Waals surface area contributed by atoms with Gasteiger partial charge in [-0.25, -0.2) is 0 Å². The zero-order valence-corrected chi connectivity index (χ0v) is 14.7. The second kappa shape index (κ2) is 7.56. The first-order valence-corrected chi connectivity index (χ1v) is 8.32. The summed E-state index contributed by atoms with van der Waals surface area (Å²) in [5, 5.41) is 2.71. The third-order valence-electron chi connectivity index (χ3n) is 2.89. The Balaban J connectivity index is 1.93. The molecule has 1 aromatic heterocycles. The van der Waals surface area contributed by atoms with E-state index in [4.69, 9.17) is 4.74 Å². The molecule has 0 aliphatic carbocycles. The number of thiophene rings is 1. The molecule has 0 saturated heterocycles. The summed E-state index contributed by atoms with van der Waals surface area (Å²) in [6.07, 6.45) is 0. The highest BCUT2D eigenvalue weighted by Crippen LogP contribution is 2.26. The number of carbonyl (C=O) groups excluding carboxylic acids is 2. The summed E-state index contributed by atoms with van der Waals surface area (Å²) in [6, 6.07) is 9.31. The van der Waals surface area contributed by atoms with Crippen LogP contribution >= 0.6 is 27.3 Å². The van der Waals surface area contributed by atoms with Crippen LogP contribution in [0.1, 0.15) is 27.0 Å². The molecular formula is C16H16BrNO3S. The maximum atomic E-state index is 12.1. The Hall–Kier alpha value is -1.66. The molecule has 2 aromatic rings. The Bertz CT molecular complexity index is 696. The fourth-order valence-corrected chi connectivity index (χ4v) is 3.25. The highest BCUT2D eigenvalue weighted by molar-refractivity contribution is 9.10. The number of Topliss-reactive ketones (excluding diaryl/α,β-unsaturated/α-hetero) is 1. The molecule has 1 heterocycles. The number of ether oxygens (including phenoxy) is 1. The molecule has 22 heavy (non-hydrogen) atoms. The third-order valence-corrected chi connectivity index (χ3v) is 4.64. The summed E-state index contributed by atoms with van der Waals surface area (Å²) < 4.78 is 6.39. The molecular weight excluding hydrogens is 366 g/mol. The van der Waals surface area contributed by atoms with E-state index in [0.29, 0.717) is 17.2 Å². The average Bonchev–Trinajstić information content (AvgIpc) is 2.93. The Morgan fingerprint density at radius 1 is 1.27 bits per heavy atom. The summed E-state index contributed by atoms with van der Waals surface area (Å²) in [5.74, 6) is 0.481. The van der Waals surface area contributed by atoms with Gasteiger partial charge in [0.1, 0.15) is 5.75 Å². The molecule has 0 atom stereocenters. The maximum Gasteiger partial charge on any atom is 0.217 e. The van der Waals surface area contributed by atoms with E-state index in [1.165, 1.54) is 18.3 Å². The number of nitrogens with one attached hydrogen (secondary N) is 1. The molecule has 0 unspecified atom stereocenters. The first-order chi connectivity index (χ1) is 10.5. The summed E-state index contributed by atoms with van der Waals surface area (Å²) in [5.41, 5.74) is 1.12. The Morgan fingerprint density at radius 2 is 2.05 bits per heavy atom. The number of benzene rings is 1. The monoisotopic (exact) mass is 381 g/mol. The second-order valence-electron chi connectivity index (χ2n) is 4.82. The number of amides is 1. The molecule has 0 bridgehead atoms. The summed E-state index contributed by atoms with van der Waals surface area (Å²) in [6.45, 7) is 3.88. The molecule has 0 saturated carbocycles. The van der Waals surface area contributed by atoms with Gasteiger partial charge in [0.15, 0.2) is 6.61 Å². The number of ketones is 1. The van der Waals surface area contributed by atoms with Gasteiger partial charge in [0.2, 0.25) is 11.7 Å². The number of halogens is 1. The van der Waals surface area contributed by atoms with E-state index in [1.54, 1.807) is 6.07 Å². The van der Waals surface area contributed by atoms with Crippen molar-refractivity contribution in [1.29, 1.82) is 0 Å². The van der Waals surface area contributed by atoms with Gasteiger partial charge in [0.25, 0.3) is 0 Å². The lowest BCUT2D eigenvalue weighted by atomic mass is 10.2. The van der Waals surface area contributed by atoms with Gasteiger partial charge >= 0.3 is 0 Å². The zero-order chi connectivity index (χ0) is 16.1. The van der Waals surface area contributed by atoms with Crippen molar-refractivity contribution in [2.75, 3.05) is 6.61 Å². The zero-order valence-electron chi connectivity index (χ0n) is 12.3. The standard InChI is InChI=1S/C16H16BrNO3S/c1-10-3-5-15(13(17)7-10)21-9-14(20)16-6-4-12(22-16)8-18-11(2)19/h3-7H,8-9H2,1-2H3,(H,18,19). The van der Waals surface area contributed by atoms with Crippen LogP contribution < -0.4 is 10.1 Å². The van der Waals surface area contributed by atoms with Crippen LogP contribution in [-0.2, 0) is 11.3 Å². The molecule has 4 nitrogen and oxygen atoms in total. The van der Waals surface area contributed by atoms with Crippen molar-refractivity contribution in [2.24, 2.45) is 0 Å². The quantitative estimate of drug-likeness (QED) is 0.775. The van der Waals surface area contributed by atoms with E-state index in [-0.39, 0.29) is 18.3 Å². The van der Waals surface area contributed by atoms with Crippen LogP contribution in [0.4, 0.5) is 0 Å². The normalized spacial score (nSPS) is 10.3. The van der Waals surface area contributed by atoms with E-state index in [1.807, 2.05) is 31.2 Å². The van der Waals surface area contributed by atoms with Crippen molar-refractivity contribution >= 4 is 39.0 Å². The number of hydrogen-bond donors (Lipinski definition) is 1. The molecule has 0 aliphatic rings. The molecule has 1 aromatic carbocycles. The van der Waals surface area contributed by atoms with Crippen molar-refractivity contribution in [2.45, 2.75) is 20.4 Å². The SMILES string of the molecule is CC(=O)NCc1ccc(C(=O)COc2ccc(C)cc2Br)s1. The van der Waals surface area contributed by atoms with Crippen LogP contribution in [0.2, 0.25) is 0 Å². The lowest BCUT2D eigenvalue weighted by molar-refractivity contribution is -0.119. The molecule has 2 rings (SSSR count). The van der Waals surface area contributed by atoms with E-state index < -0.39 is 0 Å². The Kier molecular flexibility index (Phi) is 5.74. The Labute approximate surface area is 141 Å². The number of carbonyl (C=O) groups is 2. The Morgan fingerprint density at radius 3 is 2.73 bits per heavy atom. The van der Waals surface area contributed by atoms with Crippen LogP contribution in [0, 0.1) is 6.92 Å². The number of rotatable bonds is 6. The topological polar surface area (TPSA) is 55.4 Å². The minimum Gasteiger partial charge on any atom is -0.484 e. The van der Waals surface area contributed by atoms with E-state index in [0.717, 1.165) is 14.9 Å². The van der Waals surface area contributed by atoms with Crippen LogP contribution in [0.5, 0.6) is 5.75 Å².